The van der Waals surface area contributed by atoms with Crippen molar-refractivity contribution in [3.8, 4) is 11.5 Å². The van der Waals surface area contributed by atoms with Gasteiger partial charge in [0.15, 0.2) is 0 Å². The summed E-state index contributed by atoms with van der Waals surface area (Å²) in [6.45, 7) is 2.40. The molecule has 4 aromatic rings. The van der Waals surface area contributed by atoms with Crippen LogP contribution >= 0.6 is 18.2 Å². The van der Waals surface area contributed by atoms with Gasteiger partial charge < -0.3 is 9.05 Å². The fraction of sp³-hybridized carbons (Fsp3) is 0.296. The van der Waals surface area contributed by atoms with E-state index < -0.39 is 18.5 Å². The molecule has 0 saturated heterocycles. The van der Waals surface area contributed by atoms with Crippen molar-refractivity contribution in [1.82, 2.24) is 4.98 Å². The molecular weight excluding hydrogens is 506 g/mol. The molecule has 1 heterocycles. The Kier molecular flexibility index (Phi) is 7.86. The third kappa shape index (κ3) is 5.98. The summed E-state index contributed by atoms with van der Waals surface area (Å²) in [4.78, 5) is 4.42. The Morgan fingerprint density at radius 2 is 1.58 bits per heavy atom. The minimum absolute atomic E-state index is 0.220. The Bertz CT molecular complexity index is 1440. The average Bonchev–Trinajstić information content (AvgIpc) is 2.85. The number of halogens is 3. The van der Waals surface area contributed by atoms with Crippen LogP contribution in [0.15, 0.2) is 60.7 Å². The second-order valence-corrected chi connectivity index (χ2v) is 12.4. The van der Waals surface area contributed by atoms with E-state index in [4.69, 9.17) is 9.05 Å². The number of hydrogen-bond donors (Lipinski definition) is 0. The van der Waals surface area contributed by atoms with Crippen LogP contribution in [0.4, 0.5) is 13.2 Å². The first-order chi connectivity index (χ1) is 17.1. The Morgan fingerprint density at radius 1 is 0.861 bits per heavy atom. The fourth-order valence-electron chi connectivity index (χ4n) is 3.78. The molecule has 190 valence electrons. The largest absolute Gasteiger partial charge is 0.492 e. The summed E-state index contributed by atoms with van der Waals surface area (Å²) in [7, 11) is 0. The zero-order valence-corrected chi connectivity index (χ0v) is 22.0. The number of nitrogens with zero attached hydrogens (tertiary/aromatic N) is 1. The van der Waals surface area contributed by atoms with Gasteiger partial charge >= 0.3 is 13.0 Å². The van der Waals surface area contributed by atoms with E-state index in [-0.39, 0.29) is 11.3 Å². The van der Waals surface area contributed by atoms with Crippen molar-refractivity contribution in [3.63, 3.8) is 0 Å². The molecule has 4 nitrogen and oxygen atoms in total. The van der Waals surface area contributed by atoms with Crippen LogP contribution in [0.1, 0.15) is 43.9 Å². The highest BCUT2D eigenvalue weighted by Gasteiger charge is 2.31. The van der Waals surface area contributed by atoms with E-state index in [2.05, 4.69) is 11.9 Å². The highest BCUT2D eigenvalue weighted by Crippen LogP contribution is 2.60. The predicted molar refractivity (Wildman–Crippen MR) is 141 cm³/mol. The molecule has 0 spiro atoms. The zero-order chi connectivity index (χ0) is 25.9. The molecule has 9 heteroatoms. The van der Waals surface area contributed by atoms with Gasteiger partial charge in [-0.3, -0.25) is 0 Å². The van der Waals surface area contributed by atoms with E-state index in [1.165, 1.54) is 6.07 Å². The van der Waals surface area contributed by atoms with Gasteiger partial charge in [-0.05, 0) is 78.2 Å². The molecule has 1 aromatic heterocycles. The van der Waals surface area contributed by atoms with Gasteiger partial charge in [-0.2, -0.15) is 13.2 Å². The SMILES string of the molecule is CCCSP(=O)(Oc1ccc2cc3ccc(C(F)(F)F)cc3nc2c1)Oc1ccc(CC)cc1CC. The van der Waals surface area contributed by atoms with Crippen molar-refractivity contribution >= 4 is 40.0 Å². The maximum Gasteiger partial charge on any atom is 0.492 e. The molecule has 0 bridgehead atoms. The minimum Gasteiger partial charge on any atom is -0.408 e. The molecule has 0 fully saturated rings. The molecule has 0 N–H and O–H groups in total. The van der Waals surface area contributed by atoms with E-state index in [0.29, 0.717) is 28.8 Å². The molecule has 0 aliphatic rings. The highest BCUT2D eigenvalue weighted by atomic mass is 32.7. The molecule has 36 heavy (non-hydrogen) atoms. The van der Waals surface area contributed by atoms with Gasteiger partial charge in [0.05, 0.1) is 16.6 Å². The summed E-state index contributed by atoms with van der Waals surface area (Å²) in [6, 6.07) is 16.1. The summed E-state index contributed by atoms with van der Waals surface area (Å²) in [5.41, 5.74) is 2.01. The highest BCUT2D eigenvalue weighted by molar-refractivity contribution is 8.55. The van der Waals surface area contributed by atoms with Crippen molar-refractivity contribution in [2.75, 3.05) is 5.75 Å². The molecule has 1 atom stereocenters. The smallest absolute Gasteiger partial charge is 0.408 e. The van der Waals surface area contributed by atoms with Gasteiger partial charge in [-0.25, -0.2) is 9.55 Å². The normalized spacial score (nSPS) is 13.6. The topological polar surface area (TPSA) is 48.4 Å². The van der Waals surface area contributed by atoms with Crippen LogP contribution in [0.5, 0.6) is 11.5 Å². The molecule has 0 amide bonds. The Hall–Kier alpha value is -2.70. The van der Waals surface area contributed by atoms with Crippen LogP contribution in [0, 0.1) is 0 Å². The summed E-state index contributed by atoms with van der Waals surface area (Å²) < 4.78 is 65.2. The number of aryl methyl sites for hydroxylation is 2. The Morgan fingerprint density at radius 3 is 2.25 bits per heavy atom. The quantitative estimate of drug-likeness (QED) is 0.159. The predicted octanol–water partition coefficient (Wildman–Crippen LogP) is 9.24. The fourth-order valence-corrected chi connectivity index (χ4v) is 7.15. The standard InChI is InChI=1S/C27H27F3NO3PS/c1-4-13-36-35(32,34-26-12-7-18(5-2)14-19(26)6-3)33-23-11-9-21-15-20-8-10-22(27(28,29)30)16-24(20)31-25(21)17-23/h7-12,14-17H,4-6,13H2,1-3H3. The van der Waals surface area contributed by atoms with E-state index in [1.807, 2.05) is 32.0 Å². The maximum absolute atomic E-state index is 13.8. The number of rotatable bonds is 9. The van der Waals surface area contributed by atoms with E-state index in [1.54, 1.807) is 24.3 Å². The van der Waals surface area contributed by atoms with Crippen LogP contribution < -0.4 is 9.05 Å². The third-order valence-electron chi connectivity index (χ3n) is 5.71. The monoisotopic (exact) mass is 533 g/mol. The number of aromatic nitrogens is 1. The third-order valence-corrected chi connectivity index (χ3v) is 9.41. The molecule has 1 unspecified atom stereocenters. The van der Waals surface area contributed by atoms with Crippen LogP contribution in [0.3, 0.4) is 0 Å². The van der Waals surface area contributed by atoms with Crippen molar-refractivity contribution in [2.45, 2.75) is 46.2 Å². The molecule has 0 aliphatic carbocycles. The minimum atomic E-state index is -4.46. The number of hydrogen-bond acceptors (Lipinski definition) is 5. The molecule has 3 aromatic carbocycles. The molecule has 0 radical (unpaired) electrons. The average molecular weight is 534 g/mol. The lowest BCUT2D eigenvalue weighted by Gasteiger charge is -2.21. The molecule has 4 rings (SSSR count). The number of alkyl halides is 3. The summed E-state index contributed by atoms with van der Waals surface area (Å²) in [5.74, 6) is 1.37. The first-order valence-corrected chi connectivity index (χ1v) is 14.9. The van der Waals surface area contributed by atoms with E-state index in [9.17, 15) is 17.7 Å². The first-order valence-electron chi connectivity index (χ1n) is 11.8. The van der Waals surface area contributed by atoms with Crippen LogP contribution in [0.2, 0.25) is 0 Å². The van der Waals surface area contributed by atoms with Crippen LogP contribution in [-0.4, -0.2) is 10.7 Å². The van der Waals surface area contributed by atoms with Crippen LogP contribution in [-0.2, 0) is 23.6 Å². The summed E-state index contributed by atoms with van der Waals surface area (Å²) >= 11 is 1.12. The van der Waals surface area contributed by atoms with Gasteiger partial charge in [-0.15, -0.1) is 0 Å². The second-order valence-electron chi connectivity index (χ2n) is 8.36. The zero-order valence-electron chi connectivity index (χ0n) is 20.3. The number of benzene rings is 3. The Labute approximate surface area is 212 Å². The van der Waals surface area contributed by atoms with Gasteiger partial charge in [0.2, 0.25) is 0 Å². The first kappa shape index (κ1) is 26.4. The maximum atomic E-state index is 13.8. The molecule has 0 aliphatic heterocycles. The second kappa shape index (κ2) is 10.7. The molecular formula is C27H27F3NO3PS. The van der Waals surface area contributed by atoms with Gasteiger partial charge in [0.1, 0.15) is 11.5 Å². The van der Waals surface area contributed by atoms with Crippen molar-refractivity contribution in [1.29, 1.82) is 0 Å². The van der Waals surface area contributed by atoms with E-state index in [0.717, 1.165) is 52.9 Å². The van der Waals surface area contributed by atoms with Gasteiger partial charge in [0, 0.05) is 22.6 Å². The lowest BCUT2D eigenvalue weighted by atomic mass is 10.1. The lowest BCUT2D eigenvalue weighted by Crippen LogP contribution is -2.04. The molecule has 0 saturated carbocycles. The van der Waals surface area contributed by atoms with Gasteiger partial charge in [-0.1, -0.05) is 39.0 Å². The van der Waals surface area contributed by atoms with Crippen LogP contribution in [0.25, 0.3) is 21.8 Å². The van der Waals surface area contributed by atoms with Crippen molar-refractivity contribution < 1.29 is 26.8 Å². The summed E-state index contributed by atoms with van der Waals surface area (Å²) in [6.07, 6.45) is -2.07. The van der Waals surface area contributed by atoms with Crippen molar-refractivity contribution in [3.05, 3.63) is 77.4 Å². The van der Waals surface area contributed by atoms with Crippen molar-refractivity contribution in [2.24, 2.45) is 0 Å². The van der Waals surface area contributed by atoms with Gasteiger partial charge in [0.25, 0.3) is 0 Å². The number of fused-ring (bicyclic) bond motifs is 2. The Balaban J connectivity index is 1.68. The van der Waals surface area contributed by atoms with E-state index >= 15 is 0 Å². The lowest BCUT2D eigenvalue weighted by molar-refractivity contribution is -0.137. The number of pyridine rings is 1. The summed E-state index contributed by atoms with van der Waals surface area (Å²) in [5, 5.41) is 1.33.